The zero-order valence-electron chi connectivity index (χ0n) is 10.1. The maximum absolute atomic E-state index is 13.8. The second-order valence-electron chi connectivity index (χ2n) is 3.97. The summed E-state index contributed by atoms with van der Waals surface area (Å²) in [5.74, 6) is 4.75. The molecule has 0 aliphatic carbocycles. The van der Waals surface area contributed by atoms with Crippen molar-refractivity contribution in [1.29, 1.82) is 0 Å². The Labute approximate surface area is 109 Å². The van der Waals surface area contributed by atoms with E-state index >= 15 is 0 Å². The molecule has 1 heterocycles. The van der Waals surface area contributed by atoms with E-state index < -0.39 is 0 Å². The number of aliphatic hydroxyl groups is 1. The van der Waals surface area contributed by atoms with Gasteiger partial charge in [0.1, 0.15) is 12.4 Å². The highest BCUT2D eigenvalue weighted by molar-refractivity contribution is 5.37. The Hall–Kier alpha value is -2.38. The summed E-state index contributed by atoms with van der Waals surface area (Å²) in [4.78, 5) is 11.0. The molecule has 96 valence electrons. The predicted octanol–water partition coefficient (Wildman–Crippen LogP) is 1.38. The van der Waals surface area contributed by atoms with Gasteiger partial charge in [0.25, 0.3) is 0 Å². The first kappa shape index (κ1) is 13.1. The Bertz CT molecular complexity index is 675. The summed E-state index contributed by atoms with van der Waals surface area (Å²) in [6, 6.07) is 7.54. The minimum Gasteiger partial charge on any atom is -0.384 e. The van der Waals surface area contributed by atoms with Gasteiger partial charge in [-0.3, -0.25) is 4.79 Å². The van der Waals surface area contributed by atoms with Gasteiger partial charge in [0.2, 0.25) is 0 Å². The minimum atomic E-state index is -0.358. The van der Waals surface area contributed by atoms with E-state index in [0.717, 1.165) is 0 Å². The number of aliphatic hydroxyl groups excluding tert-OH is 1. The van der Waals surface area contributed by atoms with Crippen molar-refractivity contribution in [2.45, 2.75) is 6.54 Å². The Morgan fingerprint density at radius 1 is 1.21 bits per heavy atom. The topological polar surface area (TPSA) is 42.2 Å². The molecule has 0 saturated carbocycles. The highest BCUT2D eigenvalue weighted by Gasteiger charge is 2.03. The van der Waals surface area contributed by atoms with Crippen LogP contribution in [0.3, 0.4) is 0 Å². The second kappa shape index (κ2) is 5.98. The number of rotatable bonds is 2. The normalized spacial score (nSPS) is 9.79. The van der Waals surface area contributed by atoms with Gasteiger partial charge in [-0.05, 0) is 12.1 Å². The van der Waals surface area contributed by atoms with Gasteiger partial charge in [-0.1, -0.05) is 17.9 Å². The van der Waals surface area contributed by atoms with Crippen LogP contribution in [0.5, 0.6) is 0 Å². The van der Waals surface area contributed by atoms with Crippen LogP contribution in [0.15, 0.2) is 47.5 Å². The molecule has 1 aromatic heterocycles. The molecular weight excluding hydrogens is 245 g/mol. The molecule has 0 bridgehead atoms. The summed E-state index contributed by atoms with van der Waals surface area (Å²) in [5.41, 5.74) is 0.958. The van der Waals surface area contributed by atoms with Crippen LogP contribution in [-0.2, 0) is 6.54 Å². The number of nitrogens with zero attached hydrogens (tertiary/aromatic N) is 1. The van der Waals surface area contributed by atoms with E-state index in [9.17, 15) is 9.18 Å². The summed E-state index contributed by atoms with van der Waals surface area (Å²) in [6.07, 6.45) is 3.22. The zero-order chi connectivity index (χ0) is 13.7. The Kier molecular flexibility index (Phi) is 4.11. The van der Waals surface area contributed by atoms with Gasteiger partial charge in [-0.25, -0.2) is 4.39 Å². The molecule has 19 heavy (non-hydrogen) atoms. The monoisotopic (exact) mass is 257 g/mol. The van der Waals surface area contributed by atoms with Crippen LogP contribution in [0, 0.1) is 17.7 Å². The molecular formula is C15H12FNO2. The quantitative estimate of drug-likeness (QED) is 0.826. The van der Waals surface area contributed by atoms with E-state index in [2.05, 4.69) is 11.8 Å². The molecule has 2 rings (SSSR count). The summed E-state index contributed by atoms with van der Waals surface area (Å²) in [6.45, 7) is 0.0978. The van der Waals surface area contributed by atoms with E-state index in [0.29, 0.717) is 17.7 Å². The van der Waals surface area contributed by atoms with Crippen molar-refractivity contribution >= 4 is 0 Å². The molecule has 0 unspecified atom stereocenters. The van der Waals surface area contributed by atoms with Crippen LogP contribution in [0.25, 0.3) is 0 Å². The van der Waals surface area contributed by atoms with Crippen molar-refractivity contribution in [2.75, 3.05) is 6.61 Å². The first-order valence-electron chi connectivity index (χ1n) is 5.73. The number of hydrogen-bond donors (Lipinski definition) is 1. The maximum atomic E-state index is 13.8. The van der Waals surface area contributed by atoms with E-state index in [1.807, 2.05) is 0 Å². The average molecular weight is 257 g/mol. The predicted molar refractivity (Wildman–Crippen MR) is 70.2 cm³/mol. The Morgan fingerprint density at radius 3 is 2.58 bits per heavy atom. The van der Waals surface area contributed by atoms with Crippen LogP contribution in [0.4, 0.5) is 4.39 Å². The SMILES string of the molecule is O=c1ccn(Cc2ccc(C#CCO)cc2F)cc1. The third-order valence-corrected chi connectivity index (χ3v) is 2.58. The van der Waals surface area contributed by atoms with Crippen molar-refractivity contribution in [2.24, 2.45) is 0 Å². The molecule has 0 aliphatic rings. The highest BCUT2D eigenvalue weighted by atomic mass is 19.1. The Balaban J connectivity index is 2.21. The van der Waals surface area contributed by atoms with Gasteiger partial charge in [0.05, 0.1) is 0 Å². The van der Waals surface area contributed by atoms with Gasteiger partial charge in [-0.15, -0.1) is 0 Å². The molecule has 3 nitrogen and oxygen atoms in total. The Morgan fingerprint density at radius 2 is 1.95 bits per heavy atom. The summed E-state index contributed by atoms with van der Waals surface area (Å²) >= 11 is 0. The van der Waals surface area contributed by atoms with Crippen LogP contribution < -0.4 is 5.43 Å². The second-order valence-corrected chi connectivity index (χ2v) is 3.97. The molecule has 0 atom stereocenters. The maximum Gasteiger partial charge on any atom is 0.181 e. The van der Waals surface area contributed by atoms with Gasteiger partial charge >= 0.3 is 0 Å². The first-order valence-corrected chi connectivity index (χ1v) is 5.73. The average Bonchev–Trinajstić information content (AvgIpc) is 2.41. The van der Waals surface area contributed by atoms with Crippen molar-refractivity contribution in [3.63, 3.8) is 0 Å². The molecule has 2 aromatic rings. The van der Waals surface area contributed by atoms with Crippen molar-refractivity contribution in [3.8, 4) is 11.8 Å². The lowest BCUT2D eigenvalue weighted by molar-refractivity contribution is 0.350. The summed E-state index contributed by atoms with van der Waals surface area (Å²) in [7, 11) is 0. The molecule has 0 spiro atoms. The lowest BCUT2D eigenvalue weighted by Crippen LogP contribution is -2.06. The van der Waals surface area contributed by atoms with Crippen molar-refractivity contribution in [3.05, 3.63) is 69.9 Å². The number of halogens is 1. The molecule has 0 aliphatic heterocycles. The van der Waals surface area contributed by atoms with Gasteiger partial charge in [0.15, 0.2) is 5.43 Å². The minimum absolute atomic E-state index is 0.0775. The van der Waals surface area contributed by atoms with E-state index in [1.165, 1.54) is 18.2 Å². The van der Waals surface area contributed by atoms with E-state index in [4.69, 9.17) is 5.11 Å². The molecule has 0 amide bonds. The smallest absolute Gasteiger partial charge is 0.181 e. The third kappa shape index (κ3) is 3.54. The molecule has 0 radical (unpaired) electrons. The zero-order valence-corrected chi connectivity index (χ0v) is 10.1. The molecule has 1 N–H and O–H groups in total. The fourth-order valence-electron chi connectivity index (χ4n) is 1.64. The van der Waals surface area contributed by atoms with E-state index in [-0.39, 0.29) is 17.9 Å². The lowest BCUT2D eigenvalue weighted by Gasteiger charge is -2.07. The molecule has 0 saturated heterocycles. The molecule has 1 aromatic carbocycles. The van der Waals surface area contributed by atoms with Crippen molar-refractivity contribution in [1.82, 2.24) is 4.57 Å². The number of benzene rings is 1. The highest BCUT2D eigenvalue weighted by Crippen LogP contribution is 2.11. The number of hydrogen-bond acceptors (Lipinski definition) is 2. The lowest BCUT2D eigenvalue weighted by atomic mass is 10.1. The summed E-state index contributed by atoms with van der Waals surface area (Å²) < 4.78 is 15.6. The van der Waals surface area contributed by atoms with Crippen LogP contribution >= 0.6 is 0 Å². The van der Waals surface area contributed by atoms with Crippen molar-refractivity contribution < 1.29 is 9.50 Å². The van der Waals surface area contributed by atoms with Crippen LogP contribution in [0.2, 0.25) is 0 Å². The van der Waals surface area contributed by atoms with Crippen LogP contribution in [-0.4, -0.2) is 16.3 Å². The first-order chi connectivity index (χ1) is 9.19. The van der Waals surface area contributed by atoms with Crippen LogP contribution in [0.1, 0.15) is 11.1 Å². The number of aromatic nitrogens is 1. The largest absolute Gasteiger partial charge is 0.384 e. The standard InChI is InChI=1S/C15H12FNO2/c16-15-10-12(2-1-9-18)3-4-13(15)11-17-7-5-14(19)6-8-17/h3-8,10,18H,9,11H2. The van der Waals surface area contributed by atoms with Gasteiger partial charge < -0.3 is 9.67 Å². The fraction of sp³-hybridized carbons (Fsp3) is 0.133. The fourth-order valence-corrected chi connectivity index (χ4v) is 1.64. The van der Waals surface area contributed by atoms with Gasteiger partial charge in [-0.2, -0.15) is 0 Å². The number of pyridine rings is 1. The molecule has 0 fully saturated rings. The van der Waals surface area contributed by atoms with Gasteiger partial charge in [0, 0.05) is 42.2 Å². The summed E-state index contributed by atoms with van der Waals surface area (Å²) in [5, 5.41) is 8.57. The third-order valence-electron chi connectivity index (χ3n) is 2.58. The van der Waals surface area contributed by atoms with E-state index in [1.54, 1.807) is 29.1 Å². The molecule has 4 heteroatoms.